The van der Waals surface area contributed by atoms with E-state index < -0.39 is 26.6 Å². The Labute approximate surface area is 172 Å². The Morgan fingerprint density at radius 2 is 2.07 bits per heavy atom. The molecular formula is C19H21F2N3O3S2. The molecule has 2 aliphatic rings. The number of hydrogen-bond acceptors (Lipinski definition) is 5. The fourth-order valence-electron chi connectivity index (χ4n) is 3.44. The van der Waals surface area contributed by atoms with E-state index in [9.17, 15) is 22.0 Å². The zero-order chi connectivity index (χ0) is 20.6. The molecule has 29 heavy (non-hydrogen) atoms. The van der Waals surface area contributed by atoms with Crippen LogP contribution in [0.3, 0.4) is 0 Å². The molecule has 2 fully saturated rings. The Morgan fingerprint density at radius 1 is 1.28 bits per heavy atom. The Hall–Kier alpha value is -1.91. The Morgan fingerprint density at radius 3 is 2.79 bits per heavy atom. The maximum absolute atomic E-state index is 14.0. The lowest BCUT2D eigenvalue weighted by molar-refractivity contribution is -0.122. The second-order valence-electron chi connectivity index (χ2n) is 7.45. The largest absolute Gasteiger partial charge is 0.350 e. The Kier molecular flexibility index (Phi) is 5.67. The van der Waals surface area contributed by atoms with Crippen LogP contribution < -0.4 is 5.32 Å². The lowest BCUT2D eigenvalue weighted by Gasteiger charge is -2.31. The molecule has 156 valence electrons. The van der Waals surface area contributed by atoms with Gasteiger partial charge in [-0.3, -0.25) is 4.79 Å². The van der Waals surface area contributed by atoms with E-state index in [1.54, 1.807) is 0 Å². The van der Waals surface area contributed by atoms with Crippen LogP contribution in [-0.2, 0) is 21.4 Å². The van der Waals surface area contributed by atoms with Crippen LogP contribution in [0.2, 0.25) is 0 Å². The molecule has 4 rings (SSSR count). The van der Waals surface area contributed by atoms with Gasteiger partial charge in [0, 0.05) is 36.4 Å². The van der Waals surface area contributed by atoms with Gasteiger partial charge in [-0.15, -0.1) is 11.3 Å². The van der Waals surface area contributed by atoms with Crippen LogP contribution in [0.1, 0.15) is 42.3 Å². The summed E-state index contributed by atoms with van der Waals surface area (Å²) >= 11 is 1.44. The van der Waals surface area contributed by atoms with Crippen molar-refractivity contribution in [2.24, 2.45) is 5.92 Å². The summed E-state index contributed by atoms with van der Waals surface area (Å²) in [6, 6.07) is 2.49. The zero-order valence-corrected chi connectivity index (χ0v) is 17.2. The molecule has 1 aliphatic heterocycles. The number of nitrogens with zero attached hydrogens (tertiary/aromatic N) is 2. The molecule has 2 heterocycles. The number of halogens is 2. The van der Waals surface area contributed by atoms with Crippen molar-refractivity contribution in [2.75, 3.05) is 13.1 Å². The lowest BCUT2D eigenvalue weighted by Crippen LogP contribution is -2.39. The highest BCUT2D eigenvalue weighted by Gasteiger charge is 2.34. The van der Waals surface area contributed by atoms with Crippen LogP contribution in [0.4, 0.5) is 8.78 Å². The number of rotatable bonds is 6. The van der Waals surface area contributed by atoms with Crippen LogP contribution in [0.25, 0.3) is 0 Å². The van der Waals surface area contributed by atoms with Gasteiger partial charge >= 0.3 is 0 Å². The normalized spacial score (nSPS) is 20.6. The maximum Gasteiger partial charge on any atom is 0.246 e. The van der Waals surface area contributed by atoms with Crippen molar-refractivity contribution in [2.45, 2.75) is 43.0 Å². The first kappa shape index (κ1) is 20.4. The van der Waals surface area contributed by atoms with Gasteiger partial charge in [-0.1, -0.05) is 0 Å². The first-order valence-corrected chi connectivity index (χ1v) is 11.8. The fourth-order valence-corrected chi connectivity index (χ4v) is 5.96. The van der Waals surface area contributed by atoms with Gasteiger partial charge in [0.1, 0.15) is 16.5 Å². The molecule has 0 radical (unpaired) electrons. The molecule has 6 nitrogen and oxygen atoms in total. The summed E-state index contributed by atoms with van der Waals surface area (Å²) in [5.41, 5.74) is 0.753. The number of carbonyl (C=O) groups is 1. The third-order valence-electron chi connectivity index (χ3n) is 5.21. The first-order valence-electron chi connectivity index (χ1n) is 9.52. The second kappa shape index (κ2) is 8.08. The number of amides is 1. The molecule has 10 heteroatoms. The third kappa shape index (κ3) is 4.49. The molecule has 0 bridgehead atoms. The van der Waals surface area contributed by atoms with Crippen LogP contribution in [-0.4, -0.2) is 36.7 Å². The van der Waals surface area contributed by atoms with E-state index >= 15 is 0 Å². The van der Waals surface area contributed by atoms with Gasteiger partial charge in [0.15, 0.2) is 0 Å². The van der Waals surface area contributed by atoms with Gasteiger partial charge in [0.2, 0.25) is 15.9 Å². The zero-order valence-electron chi connectivity index (χ0n) is 15.6. The SMILES string of the molecule is O=C(NCc1csc(C2CCCN(S(=O)(=O)c3ccc(F)cc3F)C2)n1)C1CC1. The summed E-state index contributed by atoms with van der Waals surface area (Å²) in [7, 11) is -4.06. The minimum Gasteiger partial charge on any atom is -0.350 e. The van der Waals surface area contributed by atoms with Gasteiger partial charge in [-0.05, 0) is 37.8 Å². The highest BCUT2D eigenvalue weighted by atomic mass is 32.2. The van der Waals surface area contributed by atoms with E-state index in [4.69, 9.17) is 0 Å². The van der Waals surface area contributed by atoms with Crippen molar-refractivity contribution in [3.8, 4) is 0 Å². The smallest absolute Gasteiger partial charge is 0.246 e. The van der Waals surface area contributed by atoms with Gasteiger partial charge in [-0.2, -0.15) is 4.31 Å². The van der Waals surface area contributed by atoms with E-state index in [2.05, 4.69) is 10.3 Å². The second-order valence-corrected chi connectivity index (χ2v) is 10.2. The highest BCUT2D eigenvalue weighted by molar-refractivity contribution is 7.89. The summed E-state index contributed by atoms with van der Waals surface area (Å²) in [4.78, 5) is 15.8. The van der Waals surface area contributed by atoms with Crippen molar-refractivity contribution in [3.63, 3.8) is 0 Å². The van der Waals surface area contributed by atoms with Crippen molar-refractivity contribution < 1.29 is 22.0 Å². The summed E-state index contributed by atoms with van der Waals surface area (Å²) in [6.07, 6.45) is 3.28. The first-order chi connectivity index (χ1) is 13.8. The maximum atomic E-state index is 14.0. The molecule has 1 N–H and O–H groups in total. The van der Waals surface area contributed by atoms with Gasteiger partial charge in [-0.25, -0.2) is 22.2 Å². The third-order valence-corrected chi connectivity index (χ3v) is 8.16. The van der Waals surface area contributed by atoms with E-state index in [0.717, 1.165) is 42.1 Å². The Bertz CT molecular complexity index is 1020. The van der Waals surface area contributed by atoms with Gasteiger partial charge in [0.25, 0.3) is 0 Å². The van der Waals surface area contributed by atoms with Crippen molar-refractivity contribution in [3.05, 3.63) is 45.9 Å². The summed E-state index contributed by atoms with van der Waals surface area (Å²) < 4.78 is 54.1. The number of piperidine rings is 1. The summed E-state index contributed by atoms with van der Waals surface area (Å²) in [5.74, 6) is -1.81. The molecule has 2 aromatic rings. The quantitative estimate of drug-likeness (QED) is 0.747. The van der Waals surface area contributed by atoms with Crippen LogP contribution in [0.5, 0.6) is 0 Å². The molecule has 1 aliphatic carbocycles. The fraction of sp³-hybridized carbons (Fsp3) is 0.474. The van der Waals surface area contributed by atoms with Gasteiger partial charge < -0.3 is 5.32 Å². The number of sulfonamides is 1. The monoisotopic (exact) mass is 441 g/mol. The number of benzene rings is 1. The predicted octanol–water partition coefficient (Wildman–Crippen LogP) is 3.02. The van der Waals surface area contributed by atoms with E-state index in [1.165, 1.54) is 15.6 Å². The van der Waals surface area contributed by atoms with Crippen LogP contribution in [0, 0.1) is 17.6 Å². The van der Waals surface area contributed by atoms with E-state index in [1.807, 2.05) is 5.38 Å². The predicted molar refractivity (Wildman–Crippen MR) is 104 cm³/mol. The molecule has 1 aromatic heterocycles. The molecule has 1 amide bonds. The standard InChI is InChI=1S/C19H21F2N3O3S2/c20-14-5-6-17(16(21)8-14)29(26,27)24-7-1-2-13(10-24)19-23-15(11-28-19)9-22-18(25)12-3-4-12/h5-6,8,11-13H,1-4,7,9-10H2,(H,22,25). The number of nitrogens with one attached hydrogen (secondary N) is 1. The van der Waals surface area contributed by atoms with Crippen molar-refractivity contribution in [1.82, 2.24) is 14.6 Å². The van der Waals surface area contributed by atoms with Crippen LogP contribution >= 0.6 is 11.3 Å². The van der Waals surface area contributed by atoms with E-state index in [0.29, 0.717) is 19.0 Å². The number of thiazole rings is 1. The number of hydrogen-bond donors (Lipinski definition) is 1. The van der Waals surface area contributed by atoms with Gasteiger partial charge in [0.05, 0.1) is 17.2 Å². The van der Waals surface area contributed by atoms with Crippen molar-refractivity contribution >= 4 is 27.3 Å². The summed E-state index contributed by atoms with van der Waals surface area (Å²) in [5, 5.41) is 5.55. The number of carbonyl (C=O) groups excluding carboxylic acids is 1. The summed E-state index contributed by atoms with van der Waals surface area (Å²) in [6.45, 7) is 0.840. The minimum atomic E-state index is -4.06. The molecule has 1 aromatic carbocycles. The average molecular weight is 442 g/mol. The molecule has 0 spiro atoms. The number of aromatic nitrogens is 1. The van der Waals surface area contributed by atoms with Crippen molar-refractivity contribution in [1.29, 1.82) is 0 Å². The molecular weight excluding hydrogens is 420 g/mol. The molecule has 1 atom stereocenters. The average Bonchev–Trinajstić information content (AvgIpc) is 3.44. The Balaban J connectivity index is 1.44. The lowest BCUT2D eigenvalue weighted by atomic mass is 10.0. The molecule has 1 saturated carbocycles. The van der Waals surface area contributed by atoms with E-state index in [-0.39, 0.29) is 30.8 Å². The van der Waals surface area contributed by atoms with Crippen LogP contribution in [0.15, 0.2) is 28.5 Å². The molecule has 1 unspecified atom stereocenters. The topological polar surface area (TPSA) is 79.4 Å². The highest BCUT2D eigenvalue weighted by Crippen LogP contribution is 2.33. The minimum absolute atomic E-state index is 0.0517. The molecule has 1 saturated heterocycles.